The predicted octanol–water partition coefficient (Wildman–Crippen LogP) is 4.36. The number of esters is 1. The van der Waals surface area contributed by atoms with Gasteiger partial charge in [0.2, 0.25) is 0 Å². The third-order valence-electron chi connectivity index (χ3n) is 4.64. The number of carbonyl (C=O) groups excluding carboxylic acids is 1. The van der Waals surface area contributed by atoms with Crippen LogP contribution < -0.4 is 15.1 Å². The maximum atomic E-state index is 12.2. The van der Waals surface area contributed by atoms with Crippen LogP contribution in [-0.2, 0) is 16.1 Å². The molecule has 0 spiro atoms. The lowest BCUT2D eigenvalue weighted by atomic mass is 9.95. The Morgan fingerprint density at radius 1 is 1.10 bits per heavy atom. The molecule has 0 fully saturated rings. The number of methoxy groups -OCH3 is 1. The van der Waals surface area contributed by atoms with Crippen molar-refractivity contribution in [2.24, 2.45) is 0 Å². The lowest BCUT2D eigenvalue weighted by Crippen LogP contribution is -2.15. The molecule has 0 aliphatic heterocycles. The Morgan fingerprint density at radius 2 is 1.83 bits per heavy atom. The first-order valence-electron chi connectivity index (χ1n) is 9.37. The van der Waals surface area contributed by atoms with E-state index in [2.05, 4.69) is 13.8 Å². The van der Waals surface area contributed by atoms with Gasteiger partial charge in [-0.1, -0.05) is 26.0 Å². The van der Waals surface area contributed by atoms with Crippen LogP contribution in [0.3, 0.4) is 0 Å². The second-order valence-electron chi connectivity index (χ2n) is 7.05. The van der Waals surface area contributed by atoms with Crippen molar-refractivity contribution >= 4 is 16.9 Å². The first kappa shape index (κ1) is 20.5. The molecule has 0 aliphatic rings. The highest BCUT2D eigenvalue weighted by molar-refractivity contribution is 5.82. The fourth-order valence-corrected chi connectivity index (χ4v) is 3.21. The van der Waals surface area contributed by atoms with Gasteiger partial charge in [0.15, 0.2) is 18.1 Å². The van der Waals surface area contributed by atoms with E-state index in [0.717, 1.165) is 16.5 Å². The van der Waals surface area contributed by atoms with Gasteiger partial charge in [0, 0.05) is 17.0 Å². The monoisotopic (exact) mass is 396 g/mol. The largest absolute Gasteiger partial charge is 0.493 e. The van der Waals surface area contributed by atoms with Gasteiger partial charge in [0.05, 0.1) is 7.11 Å². The molecule has 0 radical (unpaired) electrons. The summed E-state index contributed by atoms with van der Waals surface area (Å²) in [5, 5.41) is 0.761. The standard InChI is InChI=1S/C23H24O6/c1-14(2)17-11-18-16(10-22(24)29-21(18)9-15(17)3)12-28-23(25)13-27-20-8-6-5-7-19(20)26-4/h5-11,14H,12-13H2,1-4H3. The predicted molar refractivity (Wildman–Crippen MR) is 110 cm³/mol. The van der Waals surface area contributed by atoms with Crippen LogP contribution in [0.25, 0.3) is 11.0 Å². The zero-order valence-electron chi connectivity index (χ0n) is 17.0. The summed E-state index contributed by atoms with van der Waals surface area (Å²) in [4.78, 5) is 24.1. The van der Waals surface area contributed by atoms with Crippen LogP contribution in [0.2, 0.25) is 0 Å². The first-order chi connectivity index (χ1) is 13.9. The molecule has 0 N–H and O–H groups in total. The molecule has 6 nitrogen and oxygen atoms in total. The van der Waals surface area contributed by atoms with Crippen LogP contribution in [0.15, 0.2) is 51.7 Å². The van der Waals surface area contributed by atoms with E-state index in [4.69, 9.17) is 18.6 Å². The SMILES string of the molecule is COc1ccccc1OCC(=O)OCc1cc(=O)oc2cc(C)c(C(C)C)cc12. The molecular formula is C23H24O6. The van der Waals surface area contributed by atoms with E-state index in [1.54, 1.807) is 18.2 Å². The second-order valence-corrected chi connectivity index (χ2v) is 7.05. The van der Waals surface area contributed by atoms with Crippen LogP contribution in [0.1, 0.15) is 36.5 Å². The zero-order valence-corrected chi connectivity index (χ0v) is 17.0. The zero-order chi connectivity index (χ0) is 21.0. The number of hydrogen-bond acceptors (Lipinski definition) is 6. The van der Waals surface area contributed by atoms with Gasteiger partial charge >= 0.3 is 11.6 Å². The highest BCUT2D eigenvalue weighted by Crippen LogP contribution is 2.28. The van der Waals surface area contributed by atoms with Crippen molar-refractivity contribution in [3.05, 3.63) is 69.6 Å². The third kappa shape index (κ3) is 4.77. The molecule has 0 aliphatic carbocycles. The molecule has 3 rings (SSSR count). The molecule has 0 saturated heterocycles. The van der Waals surface area contributed by atoms with E-state index >= 15 is 0 Å². The average molecular weight is 396 g/mol. The number of rotatable bonds is 7. The van der Waals surface area contributed by atoms with E-state index in [1.807, 2.05) is 25.1 Å². The Morgan fingerprint density at radius 3 is 2.52 bits per heavy atom. The molecule has 0 unspecified atom stereocenters. The van der Waals surface area contributed by atoms with Crippen molar-refractivity contribution in [1.82, 2.24) is 0 Å². The Labute approximate surface area is 169 Å². The van der Waals surface area contributed by atoms with Crippen molar-refractivity contribution < 1.29 is 23.4 Å². The van der Waals surface area contributed by atoms with Crippen molar-refractivity contribution in [3.8, 4) is 11.5 Å². The molecule has 6 heteroatoms. The fourth-order valence-electron chi connectivity index (χ4n) is 3.21. The van der Waals surface area contributed by atoms with Crippen LogP contribution in [0.5, 0.6) is 11.5 Å². The van der Waals surface area contributed by atoms with E-state index in [9.17, 15) is 9.59 Å². The van der Waals surface area contributed by atoms with Gasteiger partial charge in [0.1, 0.15) is 12.2 Å². The number of hydrogen-bond donors (Lipinski definition) is 0. The number of aryl methyl sites for hydroxylation is 1. The van der Waals surface area contributed by atoms with Gasteiger partial charge in [-0.2, -0.15) is 0 Å². The fraction of sp³-hybridized carbons (Fsp3) is 0.304. The normalized spacial score (nSPS) is 10.9. The van der Waals surface area contributed by atoms with Gasteiger partial charge in [-0.15, -0.1) is 0 Å². The number of ether oxygens (including phenoxy) is 3. The van der Waals surface area contributed by atoms with Crippen LogP contribution in [-0.4, -0.2) is 19.7 Å². The number of fused-ring (bicyclic) bond motifs is 1. The number of para-hydroxylation sites is 2. The molecule has 2 aromatic carbocycles. The highest BCUT2D eigenvalue weighted by Gasteiger charge is 2.14. The Bertz CT molecular complexity index is 1080. The van der Waals surface area contributed by atoms with Crippen LogP contribution in [0, 0.1) is 6.92 Å². The molecule has 0 amide bonds. The summed E-state index contributed by atoms with van der Waals surface area (Å²) in [5.41, 5.74) is 2.80. The molecular weight excluding hydrogens is 372 g/mol. The minimum absolute atomic E-state index is 0.0448. The first-order valence-corrected chi connectivity index (χ1v) is 9.37. The van der Waals surface area contributed by atoms with Gasteiger partial charge in [-0.05, 0) is 48.2 Å². The van der Waals surface area contributed by atoms with Crippen molar-refractivity contribution in [2.75, 3.05) is 13.7 Å². The lowest BCUT2D eigenvalue weighted by molar-refractivity contribution is -0.147. The van der Waals surface area contributed by atoms with E-state index < -0.39 is 11.6 Å². The van der Waals surface area contributed by atoms with Crippen molar-refractivity contribution in [3.63, 3.8) is 0 Å². The van der Waals surface area contributed by atoms with Gasteiger partial charge < -0.3 is 18.6 Å². The smallest absolute Gasteiger partial charge is 0.344 e. The third-order valence-corrected chi connectivity index (χ3v) is 4.64. The average Bonchev–Trinajstić information content (AvgIpc) is 2.69. The molecule has 3 aromatic rings. The minimum Gasteiger partial charge on any atom is -0.493 e. The lowest BCUT2D eigenvalue weighted by Gasteiger charge is -2.13. The van der Waals surface area contributed by atoms with Crippen molar-refractivity contribution in [2.45, 2.75) is 33.3 Å². The van der Waals surface area contributed by atoms with E-state index in [-0.39, 0.29) is 13.2 Å². The van der Waals surface area contributed by atoms with Gasteiger partial charge in [-0.25, -0.2) is 9.59 Å². The highest BCUT2D eigenvalue weighted by atomic mass is 16.6. The summed E-state index contributed by atoms with van der Waals surface area (Å²) in [6.07, 6.45) is 0. The van der Waals surface area contributed by atoms with Gasteiger partial charge in [0.25, 0.3) is 0 Å². The Balaban J connectivity index is 1.75. The summed E-state index contributed by atoms with van der Waals surface area (Å²) < 4.78 is 21.3. The molecule has 0 bridgehead atoms. The minimum atomic E-state index is -0.548. The summed E-state index contributed by atoms with van der Waals surface area (Å²) in [5.74, 6) is 0.753. The number of carbonyl (C=O) groups is 1. The summed E-state index contributed by atoms with van der Waals surface area (Å²) in [6.45, 7) is 5.87. The second kappa shape index (κ2) is 8.82. The molecule has 0 saturated carbocycles. The van der Waals surface area contributed by atoms with Gasteiger partial charge in [-0.3, -0.25) is 0 Å². The van der Waals surface area contributed by atoms with Crippen LogP contribution >= 0.6 is 0 Å². The molecule has 1 heterocycles. The molecule has 0 atom stereocenters. The summed E-state index contributed by atoms with van der Waals surface area (Å²) in [7, 11) is 1.53. The maximum absolute atomic E-state index is 12.2. The number of benzene rings is 2. The molecule has 29 heavy (non-hydrogen) atoms. The van der Waals surface area contributed by atoms with Crippen molar-refractivity contribution in [1.29, 1.82) is 0 Å². The molecule has 1 aromatic heterocycles. The summed E-state index contributed by atoms with van der Waals surface area (Å²) in [6, 6.07) is 12.2. The maximum Gasteiger partial charge on any atom is 0.344 e. The van der Waals surface area contributed by atoms with E-state index in [1.165, 1.54) is 13.2 Å². The Kier molecular flexibility index (Phi) is 6.22. The topological polar surface area (TPSA) is 75.0 Å². The van der Waals surface area contributed by atoms with Crippen LogP contribution in [0.4, 0.5) is 0 Å². The van der Waals surface area contributed by atoms with E-state index in [0.29, 0.717) is 28.6 Å². The quantitative estimate of drug-likeness (QED) is 0.436. The molecule has 152 valence electrons. The Hall–Kier alpha value is -3.28. The summed E-state index contributed by atoms with van der Waals surface area (Å²) >= 11 is 0.